The van der Waals surface area contributed by atoms with Crippen LogP contribution in [-0.2, 0) is 6.54 Å². The van der Waals surface area contributed by atoms with Gasteiger partial charge in [-0.25, -0.2) is 4.98 Å². The molecule has 4 nitrogen and oxygen atoms in total. The maximum Gasteiger partial charge on any atom is 0.144 e. The summed E-state index contributed by atoms with van der Waals surface area (Å²) in [5.74, 6) is 0.755. The molecule has 0 aliphatic rings. The van der Waals surface area contributed by atoms with E-state index in [1.807, 2.05) is 32.2 Å². The zero-order valence-electron chi connectivity index (χ0n) is 12.2. The Balaban J connectivity index is 2.14. The number of ether oxygens (including phenoxy) is 1. The van der Waals surface area contributed by atoms with E-state index < -0.39 is 0 Å². The lowest BCUT2D eigenvalue weighted by Gasteiger charge is -2.21. The van der Waals surface area contributed by atoms with Gasteiger partial charge in [0.1, 0.15) is 5.75 Å². The lowest BCUT2D eigenvalue weighted by Crippen LogP contribution is -2.18. The number of thiazole rings is 1. The number of nitrogens with zero attached hydrogens (tertiary/aromatic N) is 2. The van der Waals surface area contributed by atoms with Gasteiger partial charge in [0.15, 0.2) is 0 Å². The summed E-state index contributed by atoms with van der Waals surface area (Å²) in [7, 11) is 2.02. The van der Waals surface area contributed by atoms with E-state index in [0.717, 1.165) is 35.1 Å². The van der Waals surface area contributed by atoms with E-state index in [4.69, 9.17) is 10.5 Å². The van der Waals surface area contributed by atoms with Crippen LogP contribution in [0, 0.1) is 6.92 Å². The fourth-order valence-electron chi connectivity index (χ4n) is 2.01. The van der Waals surface area contributed by atoms with E-state index in [2.05, 4.69) is 22.2 Å². The highest BCUT2D eigenvalue weighted by Gasteiger charge is 2.11. The van der Waals surface area contributed by atoms with Crippen LogP contribution in [0.25, 0.3) is 0 Å². The largest absolute Gasteiger partial charge is 0.491 e. The van der Waals surface area contributed by atoms with E-state index >= 15 is 0 Å². The molecule has 0 saturated carbocycles. The molecule has 0 atom stereocenters. The van der Waals surface area contributed by atoms with E-state index in [1.165, 1.54) is 0 Å². The van der Waals surface area contributed by atoms with E-state index in [9.17, 15) is 0 Å². The van der Waals surface area contributed by atoms with Crippen molar-refractivity contribution in [2.45, 2.75) is 26.8 Å². The molecule has 1 aromatic heterocycles. The van der Waals surface area contributed by atoms with Crippen molar-refractivity contribution in [3.8, 4) is 5.75 Å². The zero-order valence-corrected chi connectivity index (χ0v) is 13.0. The lowest BCUT2D eigenvalue weighted by molar-refractivity contribution is 0.319. The molecule has 108 valence electrons. The quantitative estimate of drug-likeness (QED) is 0.828. The third-order valence-electron chi connectivity index (χ3n) is 2.98. The molecule has 0 aliphatic heterocycles. The summed E-state index contributed by atoms with van der Waals surface area (Å²) in [6, 6.07) is 5.89. The Labute approximate surface area is 124 Å². The first-order valence-corrected chi connectivity index (χ1v) is 7.63. The normalized spacial score (nSPS) is 10.6. The summed E-state index contributed by atoms with van der Waals surface area (Å²) in [5, 5.41) is 3.17. The van der Waals surface area contributed by atoms with Crippen LogP contribution in [0.2, 0.25) is 0 Å². The van der Waals surface area contributed by atoms with Gasteiger partial charge in [0.2, 0.25) is 0 Å². The van der Waals surface area contributed by atoms with Gasteiger partial charge in [-0.3, -0.25) is 0 Å². The number of aryl methyl sites for hydroxylation is 1. The number of anilines is 2. The summed E-state index contributed by atoms with van der Waals surface area (Å²) in [6.45, 7) is 5.52. The minimum Gasteiger partial charge on any atom is -0.491 e. The topological polar surface area (TPSA) is 51.4 Å². The molecule has 2 aromatic rings. The molecule has 0 aliphatic carbocycles. The summed E-state index contributed by atoms with van der Waals surface area (Å²) < 4.78 is 5.67. The van der Waals surface area contributed by atoms with Crippen LogP contribution in [0.5, 0.6) is 5.75 Å². The van der Waals surface area contributed by atoms with Crippen LogP contribution in [0.3, 0.4) is 0 Å². The van der Waals surface area contributed by atoms with Crippen molar-refractivity contribution in [3.05, 3.63) is 34.3 Å². The van der Waals surface area contributed by atoms with Gasteiger partial charge >= 0.3 is 0 Å². The average Bonchev–Trinajstić information content (AvgIpc) is 2.83. The maximum absolute atomic E-state index is 6.20. The van der Waals surface area contributed by atoms with E-state index in [-0.39, 0.29) is 0 Å². The highest BCUT2D eigenvalue weighted by Crippen LogP contribution is 2.32. The van der Waals surface area contributed by atoms with Crippen LogP contribution in [0.1, 0.15) is 24.0 Å². The molecule has 5 heteroatoms. The van der Waals surface area contributed by atoms with Crippen molar-refractivity contribution in [1.82, 2.24) is 4.98 Å². The highest BCUT2D eigenvalue weighted by atomic mass is 32.1. The first-order valence-electron chi connectivity index (χ1n) is 6.75. The lowest BCUT2D eigenvalue weighted by atomic mass is 10.2. The summed E-state index contributed by atoms with van der Waals surface area (Å²) >= 11 is 1.67. The van der Waals surface area contributed by atoms with Gasteiger partial charge in [0.25, 0.3) is 0 Å². The second kappa shape index (κ2) is 6.61. The number of aromatic nitrogens is 1. The molecule has 1 aromatic carbocycles. The minimum atomic E-state index is 0.683. The van der Waals surface area contributed by atoms with Crippen molar-refractivity contribution >= 4 is 22.7 Å². The van der Waals surface area contributed by atoms with Gasteiger partial charge in [-0.15, -0.1) is 11.3 Å². The van der Waals surface area contributed by atoms with Crippen LogP contribution < -0.4 is 15.4 Å². The van der Waals surface area contributed by atoms with E-state index in [0.29, 0.717) is 12.3 Å². The van der Waals surface area contributed by atoms with Crippen molar-refractivity contribution in [2.24, 2.45) is 0 Å². The van der Waals surface area contributed by atoms with Gasteiger partial charge < -0.3 is 15.4 Å². The van der Waals surface area contributed by atoms with Crippen molar-refractivity contribution in [2.75, 3.05) is 24.3 Å². The number of hydrogen-bond acceptors (Lipinski definition) is 5. The van der Waals surface area contributed by atoms with Crippen LogP contribution in [-0.4, -0.2) is 18.6 Å². The molecule has 0 fully saturated rings. The van der Waals surface area contributed by atoms with Gasteiger partial charge in [-0.2, -0.15) is 0 Å². The van der Waals surface area contributed by atoms with Crippen molar-refractivity contribution < 1.29 is 4.74 Å². The molecule has 0 radical (unpaired) electrons. The molecular formula is C15H21N3OS. The van der Waals surface area contributed by atoms with Gasteiger partial charge in [0.05, 0.1) is 35.2 Å². The van der Waals surface area contributed by atoms with Crippen LogP contribution >= 0.6 is 11.3 Å². The molecule has 0 spiro atoms. The van der Waals surface area contributed by atoms with Gasteiger partial charge in [0, 0.05) is 12.4 Å². The molecule has 0 amide bonds. The second-order valence-corrected chi connectivity index (χ2v) is 5.81. The van der Waals surface area contributed by atoms with Crippen molar-refractivity contribution in [3.63, 3.8) is 0 Å². The molecular weight excluding hydrogens is 270 g/mol. The first-order chi connectivity index (χ1) is 9.61. The SMILES string of the molecule is CCCOc1cccc(N(C)Cc2csc(C)n2)c1N. The average molecular weight is 291 g/mol. The number of para-hydroxylation sites is 1. The molecule has 0 unspecified atom stereocenters. The third kappa shape index (κ3) is 3.42. The Hall–Kier alpha value is -1.75. The monoisotopic (exact) mass is 291 g/mol. The Morgan fingerprint density at radius 2 is 2.20 bits per heavy atom. The Morgan fingerprint density at radius 3 is 2.85 bits per heavy atom. The summed E-state index contributed by atoms with van der Waals surface area (Å²) in [6.07, 6.45) is 0.970. The summed E-state index contributed by atoms with van der Waals surface area (Å²) in [4.78, 5) is 6.58. The molecule has 2 rings (SSSR count). The van der Waals surface area contributed by atoms with Crippen molar-refractivity contribution in [1.29, 1.82) is 0 Å². The minimum absolute atomic E-state index is 0.683. The zero-order chi connectivity index (χ0) is 14.5. The third-order valence-corrected chi connectivity index (χ3v) is 3.80. The number of benzene rings is 1. The number of hydrogen-bond donors (Lipinski definition) is 1. The maximum atomic E-state index is 6.20. The van der Waals surface area contributed by atoms with Gasteiger partial charge in [-0.1, -0.05) is 13.0 Å². The first kappa shape index (κ1) is 14.7. The van der Waals surface area contributed by atoms with Crippen LogP contribution in [0.15, 0.2) is 23.6 Å². The number of rotatable bonds is 6. The molecule has 20 heavy (non-hydrogen) atoms. The Kier molecular flexibility index (Phi) is 4.84. The fourth-order valence-corrected chi connectivity index (χ4v) is 2.62. The second-order valence-electron chi connectivity index (χ2n) is 4.75. The fraction of sp³-hybridized carbons (Fsp3) is 0.400. The molecule has 0 saturated heterocycles. The predicted octanol–water partition coefficient (Wildman–Crippen LogP) is 3.46. The summed E-state index contributed by atoms with van der Waals surface area (Å²) in [5.41, 5.74) is 8.93. The molecule has 0 bridgehead atoms. The van der Waals surface area contributed by atoms with Crippen LogP contribution in [0.4, 0.5) is 11.4 Å². The predicted molar refractivity (Wildman–Crippen MR) is 85.6 cm³/mol. The Bertz CT molecular complexity index is 568. The highest BCUT2D eigenvalue weighted by molar-refractivity contribution is 7.09. The van der Waals surface area contributed by atoms with Gasteiger partial charge in [-0.05, 0) is 25.5 Å². The van der Waals surface area contributed by atoms with E-state index in [1.54, 1.807) is 11.3 Å². The number of nitrogen functional groups attached to an aromatic ring is 1. The number of nitrogens with two attached hydrogens (primary N) is 1. The molecule has 2 N–H and O–H groups in total. The molecule has 1 heterocycles. The standard InChI is InChI=1S/C15H21N3OS/c1-4-8-19-14-7-5-6-13(15(14)16)18(3)9-12-10-20-11(2)17-12/h5-7,10H,4,8-9,16H2,1-3H3. The Morgan fingerprint density at radius 1 is 1.40 bits per heavy atom. The smallest absolute Gasteiger partial charge is 0.144 e.